The largest absolute Gasteiger partial charge is 0.496 e. The lowest BCUT2D eigenvalue weighted by molar-refractivity contribution is -0.119. The normalized spacial score (nSPS) is 12.8. The third kappa shape index (κ3) is 5.57. The molecule has 0 radical (unpaired) electrons. The molecule has 1 aliphatic rings. The number of imidazole rings is 1. The standard InChI is InChI=1S/C31H34N4O3/c1-38-28-18-9-5-14-24(28)31(37)32-20-10-2-3-19-29-33-25-15-6-8-17-27(25)35(29)22-30(36)34-21-11-13-23-12-4-7-16-26(23)34/h4-9,12,14-18H,2-3,10-11,13,19-22H2,1H3,(H,32,37). The second kappa shape index (κ2) is 11.9. The molecule has 1 aromatic heterocycles. The molecule has 1 aliphatic heterocycles. The van der Waals surface area contributed by atoms with Gasteiger partial charge in [0.1, 0.15) is 18.1 Å². The number of nitrogens with one attached hydrogen (secondary N) is 1. The number of aryl methyl sites for hydroxylation is 2. The van der Waals surface area contributed by atoms with Crippen LogP contribution in [0.4, 0.5) is 5.69 Å². The van der Waals surface area contributed by atoms with Gasteiger partial charge in [-0.15, -0.1) is 0 Å². The average molecular weight is 511 g/mol. The molecule has 7 heteroatoms. The molecular formula is C31H34N4O3. The molecule has 196 valence electrons. The number of nitrogens with zero attached hydrogens (tertiary/aromatic N) is 3. The summed E-state index contributed by atoms with van der Waals surface area (Å²) in [6.45, 7) is 1.62. The lowest BCUT2D eigenvalue weighted by Crippen LogP contribution is -2.38. The first-order valence-electron chi connectivity index (χ1n) is 13.4. The minimum absolute atomic E-state index is 0.0978. The van der Waals surface area contributed by atoms with Crippen molar-refractivity contribution in [3.05, 3.63) is 89.7 Å². The fourth-order valence-electron chi connectivity index (χ4n) is 5.22. The topological polar surface area (TPSA) is 76.5 Å². The Morgan fingerprint density at radius 2 is 1.74 bits per heavy atom. The van der Waals surface area contributed by atoms with Crippen molar-refractivity contribution in [2.24, 2.45) is 0 Å². The summed E-state index contributed by atoms with van der Waals surface area (Å²) in [5, 5.41) is 2.99. The van der Waals surface area contributed by atoms with E-state index >= 15 is 0 Å². The summed E-state index contributed by atoms with van der Waals surface area (Å²) in [7, 11) is 1.57. The number of aromatic nitrogens is 2. The maximum atomic E-state index is 13.5. The molecule has 0 aliphatic carbocycles. The van der Waals surface area contributed by atoms with Gasteiger partial charge in [0.25, 0.3) is 5.91 Å². The highest BCUT2D eigenvalue weighted by molar-refractivity contribution is 5.97. The molecule has 0 bridgehead atoms. The average Bonchev–Trinajstić information content (AvgIpc) is 3.31. The molecule has 2 amide bonds. The summed E-state index contributed by atoms with van der Waals surface area (Å²) < 4.78 is 7.36. The first-order chi connectivity index (χ1) is 18.7. The predicted octanol–water partition coefficient (Wildman–Crippen LogP) is 5.17. The summed E-state index contributed by atoms with van der Waals surface area (Å²) in [6.07, 6.45) is 5.51. The van der Waals surface area contributed by atoms with Crippen molar-refractivity contribution in [3.63, 3.8) is 0 Å². The summed E-state index contributed by atoms with van der Waals surface area (Å²) in [6, 6.07) is 23.5. The lowest BCUT2D eigenvalue weighted by atomic mass is 10.0. The van der Waals surface area contributed by atoms with Gasteiger partial charge in [-0.1, -0.05) is 48.9 Å². The Labute approximate surface area is 223 Å². The molecular weight excluding hydrogens is 476 g/mol. The van der Waals surface area contributed by atoms with Crippen LogP contribution >= 0.6 is 0 Å². The van der Waals surface area contributed by atoms with Gasteiger partial charge < -0.3 is 19.5 Å². The molecule has 2 heterocycles. The van der Waals surface area contributed by atoms with Crippen molar-refractivity contribution in [2.45, 2.75) is 45.1 Å². The van der Waals surface area contributed by atoms with Crippen LogP contribution in [0.5, 0.6) is 5.75 Å². The van der Waals surface area contributed by atoms with E-state index in [0.29, 0.717) is 17.9 Å². The first-order valence-corrected chi connectivity index (χ1v) is 13.4. The first kappa shape index (κ1) is 25.5. The van der Waals surface area contributed by atoms with Crippen molar-refractivity contribution in [2.75, 3.05) is 25.1 Å². The second-order valence-corrected chi connectivity index (χ2v) is 9.65. The SMILES string of the molecule is COc1ccccc1C(=O)NCCCCCc1nc2ccccc2n1CC(=O)N1CCCc2ccccc21. The number of carbonyl (C=O) groups excluding carboxylic acids is 2. The monoisotopic (exact) mass is 510 g/mol. The lowest BCUT2D eigenvalue weighted by Gasteiger charge is -2.29. The quantitative estimate of drug-likeness (QED) is 0.299. The van der Waals surface area contributed by atoms with Gasteiger partial charge in [0.05, 0.1) is 23.7 Å². The molecule has 0 unspecified atom stereocenters. The minimum Gasteiger partial charge on any atom is -0.496 e. The highest BCUT2D eigenvalue weighted by Crippen LogP contribution is 2.27. The van der Waals surface area contributed by atoms with Gasteiger partial charge >= 0.3 is 0 Å². The predicted molar refractivity (Wildman–Crippen MR) is 150 cm³/mol. The summed E-state index contributed by atoms with van der Waals surface area (Å²) >= 11 is 0. The van der Waals surface area contributed by atoms with Crippen molar-refractivity contribution < 1.29 is 14.3 Å². The molecule has 4 aromatic rings. The Hall–Kier alpha value is -4.13. The van der Waals surface area contributed by atoms with Crippen LogP contribution in [0, 0.1) is 0 Å². The summed E-state index contributed by atoms with van der Waals surface area (Å²) in [4.78, 5) is 32.8. The van der Waals surface area contributed by atoms with Crippen molar-refractivity contribution in [1.29, 1.82) is 0 Å². The zero-order valence-electron chi connectivity index (χ0n) is 21.9. The number of amides is 2. The van der Waals surface area contributed by atoms with Gasteiger partial charge in [0, 0.05) is 25.2 Å². The maximum Gasteiger partial charge on any atom is 0.255 e. The number of unbranched alkanes of at least 4 members (excludes halogenated alkanes) is 2. The molecule has 0 atom stereocenters. The Kier molecular flexibility index (Phi) is 8.02. The number of anilines is 1. The molecule has 1 N–H and O–H groups in total. The third-order valence-corrected chi connectivity index (χ3v) is 7.15. The van der Waals surface area contributed by atoms with E-state index in [2.05, 4.69) is 16.0 Å². The molecule has 3 aromatic carbocycles. The van der Waals surface area contributed by atoms with Crippen LogP contribution in [0.3, 0.4) is 0 Å². The number of ether oxygens (including phenoxy) is 1. The highest BCUT2D eigenvalue weighted by Gasteiger charge is 2.24. The Bertz CT molecular complexity index is 1430. The van der Waals surface area contributed by atoms with Crippen LogP contribution in [-0.4, -0.2) is 41.6 Å². The van der Waals surface area contributed by atoms with Crippen LogP contribution in [0.2, 0.25) is 0 Å². The van der Waals surface area contributed by atoms with E-state index in [0.717, 1.165) is 67.6 Å². The zero-order chi connectivity index (χ0) is 26.3. The van der Waals surface area contributed by atoms with Gasteiger partial charge in [-0.25, -0.2) is 4.98 Å². The van der Waals surface area contributed by atoms with Crippen LogP contribution in [0.15, 0.2) is 72.8 Å². The van der Waals surface area contributed by atoms with E-state index in [1.807, 2.05) is 59.5 Å². The molecule has 7 nitrogen and oxygen atoms in total. The molecule has 0 spiro atoms. The fourth-order valence-corrected chi connectivity index (χ4v) is 5.22. The van der Waals surface area contributed by atoms with Crippen molar-refractivity contribution in [3.8, 4) is 5.75 Å². The van der Waals surface area contributed by atoms with Gasteiger partial charge in [-0.3, -0.25) is 9.59 Å². The number of hydrogen-bond acceptors (Lipinski definition) is 4. The van der Waals surface area contributed by atoms with E-state index in [-0.39, 0.29) is 18.4 Å². The van der Waals surface area contributed by atoms with E-state index in [4.69, 9.17) is 9.72 Å². The number of hydrogen-bond donors (Lipinski definition) is 1. The Morgan fingerprint density at radius 1 is 0.947 bits per heavy atom. The molecule has 5 rings (SSSR count). The minimum atomic E-state index is -0.123. The number of carbonyl (C=O) groups is 2. The number of para-hydroxylation sites is 4. The third-order valence-electron chi connectivity index (χ3n) is 7.15. The van der Waals surface area contributed by atoms with Crippen LogP contribution in [0.25, 0.3) is 11.0 Å². The maximum absolute atomic E-state index is 13.5. The number of methoxy groups -OCH3 is 1. The number of rotatable bonds is 10. The van der Waals surface area contributed by atoms with E-state index in [1.165, 1.54) is 5.56 Å². The Morgan fingerprint density at radius 3 is 2.63 bits per heavy atom. The van der Waals surface area contributed by atoms with Crippen LogP contribution < -0.4 is 15.0 Å². The van der Waals surface area contributed by atoms with E-state index < -0.39 is 0 Å². The smallest absolute Gasteiger partial charge is 0.255 e. The van der Waals surface area contributed by atoms with Gasteiger partial charge in [0.2, 0.25) is 5.91 Å². The highest BCUT2D eigenvalue weighted by atomic mass is 16.5. The number of fused-ring (bicyclic) bond motifs is 2. The van der Waals surface area contributed by atoms with Crippen molar-refractivity contribution in [1.82, 2.24) is 14.9 Å². The zero-order valence-corrected chi connectivity index (χ0v) is 21.9. The number of benzene rings is 3. The Balaban J connectivity index is 1.19. The van der Waals surface area contributed by atoms with Gasteiger partial charge in [-0.2, -0.15) is 0 Å². The van der Waals surface area contributed by atoms with E-state index in [1.54, 1.807) is 19.2 Å². The molecule has 0 saturated heterocycles. The van der Waals surface area contributed by atoms with E-state index in [9.17, 15) is 9.59 Å². The summed E-state index contributed by atoms with van der Waals surface area (Å²) in [5.74, 6) is 1.48. The second-order valence-electron chi connectivity index (χ2n) is 9.65. The van der Waals surface area contributed by atoms with Gasteiger partial charge in [-0.05, 0) is 61.6 Å². The van der Waals surface area contributed by atoms with Crippen molar-refractivity contribution >= 4 is 28.5 Å². The fraction of sp³-hybridized carbons (Fsp3) is 0.323. The van der Waals surface area contributed by atoms with Gasteiger partial charge in [0.15, 0.2) is 0 Å². The molecule has 0 saturated carbocycles. The molecule has 38 heavy (non-hydrogen) atoms. The van der Waals surface area contributed by atoms with Crippen LogP contribution in [0.1, 0.15) is 47.4 Å². The molecule has 0 fully saturated rings. The summed E-state index contributed by atoms with van der Waals surface area (Å²) in [5.41, 5.74) is 4.72. The van der Waals surface area contributed by atoms with Crippen LogP contribution in [-0.2, 0) is 24.2 Å².